The van der Waals surface area contributed by atoms with E-state index in [1.54, 1.807) is 16.8 Å². The number of likely N-dealkylation sites (N-methyl/N-ethyl adjacent to an activating group) is 1. The monoisotopic (exact) mass is 488 g/mol. The fourth-order valence-electron chi connectivity index (χ4n) is 3.84. The number of hydrogen-bond acceptors (Lipinski definition) is 8. The number of nitrogens with zero attached hydrogens (tertiary/aromatic N) is 8. The lowest BCUT2D eigenvalue weighted by atomic mass is 10.0. The summed E-state index contributed by atoms with van der Waals surface area (Å²) < 4.78 is 1.78. The van der Waals surface area contributed by atoms with Crippen LogP contribution in [0.25, 0.3) is 28.2 Å². The van der Waals surface area contributed by atoms with Crippen molar-refractivity contribution < 1.29 is 5.11 Å². The smallest absolute Gasteiger partial charge is 0.245 e. The predicted molar refractivity (Wildman–Crippen MR) is 133 cm³/mol. The normalized spacial score (nSPS) is 14.1. The first-order valence-corrected chi connectivity index (χ1v) is 10.3. The second kappa shape index (κ2) is 9.86. The number of aromatic nitrogens is 6. The van der Waals surface area contributed by atoms with Crippen molar-refractivity contribution in [3.05, 3.63) is 47.9 Å². The van der Waals surface area contributed by atoms with Crippen LogP contribution in [0.4, 0.5) is 5.95 Å². The Balaban J connectivity index is 0.00000153. The number of imidazole rings is 1. The van der Waals surface area contributed by atoms with E-state index in [0.29, 0.717) is 17.2 Å². The molecule has 0 amide bonds. The van der Waals surface area contributed by atoms with Gasteiger partial charge in [-0.15, -0.1) is 35.0 Å². The number of hydrogen-bond donors (Lipinski definition) is 1. The van der Waals surface area contributed by atoms with Crippen LogP contribution in [0.5, 0.6) is 5.75 Å². The summed E-state index contributed by atoms with van der Waals surface area (Å²) in [5, 5.41) is 23.9. The molecule has 0 saturated carbocycles. The predicted octanol–water partition coefficient (Wildman–Crippen LogP) is 3.17. The first-order valence-electron chi connectivity index (χ1n) is 10.3. The van der Waals surface area contributed by atoms with Gasteiger partial charge in [0.05, 0.1) is 23.8 Å². The molecular weight excluding hydrogens is 463 g/mol. The molecule has 1 N–H and O–H groups in total. The molecule has 11 heteroatoms. The molecular formula is C22H26Cl2N8O. The first-order chi connectivity index (χ1) is 15.0. The van der Waals surface area contributed by atoms with E-state index >= 15 is 0 Å². The summed E-state index contributed by atoms with van der Waals surface area (Å²) in [6.07, 6.45) is 3.56. The van der Waals surface area contributed by atoms with Crippen LogP contribution in [0.2, 0.25) is 0 Å². The Morgan fingerprint density at radius 2 is 1.70 bits per heavy atom. The summed E-state index contributed by atoms with van der Waals surface area (Å²) in [5.74, 6) is 0.735. The van der Waals surface area contributed by atoms with Crippen LogP contribution in [0.15, 0.2) is 36.7 Å². The first kappa shape index (κ1) is 24.6. The number of aromatic hydroxyl groups is 1. The van der Waals surface area contributed by atoms with E-state index in [9.17, 15) is 5.11 Å². The Morgan fingerprint density at radius 1 is 0.939 bits per heavy atom. The number of aryl methyl sites for hydroxylation is 2. The molecule has 0 radical (unpaired) electrons. The van der Waals surface area contributed by atoms with Gasteiger partial charge in [0.1, 0.15) is 11.4 Å². The third kappa shape index (κ3) is 4.85. The van der Waals surface area contributed by atoms with Crippen molar-refractivity contribution in [3.63, 3.8) is 0 Å². The SMILES string of the molecule is Cc1cn2nc(-c3ccc(-c4cnc(N5CCN(C)CC5)nn4)c(O)c3)cc(C)c2n1.Cl.Cl. The number of rotatable bonds is 3. The fourth-order valence-corrected chi connectivity index (χ4v) is 3.84. The van der Waals surface area contributed by atoms with Gasteiger partial charge < -0.3 is 14.9 Å². The summed E-state index contributed by atoms with van der Waals surface area (Å²) in [6.45, 7) is 7.66. The molecule has 0 atom stereocenters. The molecule has 3 aromatic heterocycles. The van der Waals surface area contributed by atoms with Crippen molar-refractivity contribution in [2.75, 3.05) is 38.1 Å². The van der Waals surface area contributed by atoms with Crippen molar-refractivity contribution >= 4 is 36.4 Å². The van der Waals surface area contributed by atoms with Crippen LogP contribution >= 0.6 is 24.8 Å². The number of benzene rings is 1. The molecule has 1 saturated heterocycles. The highest BCUT2D eigenvalue weighted by Gasteiger charge is 2.18. The van der Waals surface area contributed by atoms with Gasteiger partial charge in [0.25, 0.3) is 0 Å². The van der Waals surface area contributed by atoms with E-state index in [1.165, 1.54) is 0 Å². The molecule has 174 valence electrons. The molecule has 33 heavy (non-hydrogen) atoms. The van der Waals surface area contributed by atoms with Crippen LogP contribution in [0.1, 0.15) is 11.3 Å². The van der Waals surface area contributed by atoms with Gasteiger partial charge in [0.15, 0.2) is 5.65 Å². The van der Waals surface area contributed by atoms with Crippen molar-refractivity contribution in [2.45, 2.75) is 13.8 Å². The Morgan fingerprint density at radius 3 is 2.36 bits per heavy atom. The van der Waals surface area contributed by atoms with Crippen molar-refractivity contribution in [1.82, 2.24) is 34.7 Å². The summed E-state index contributed by atoms with van der Waals surface area (Å²) in [6, 6.07) is 7.42. The van der Waals surface area contributed by atoms with Gasteiger partial charge in [0, 0.05) is 37.3 Å². The average molecular weight is 489 g/mol. The highest BCUT2D eigenvalue weighted by molar-refractivity contribution is 5.85. The zero-order chi connectivity index (χ0) is 21.5. The lowest BCUT2D eigenvalue weighted by molar-refractivity contribution is 0.311. The lowest BCUT2D eigenvalue weighted by Gasteiger charge is -2.31. The van der Waals surface area contributed by atoms with Crippen LogP contribution in [-0.4, -0.2) is 73.0 Å². The number of piperazine rings is 1. The van der Waals surface area contributed by atoms with Gasteiger partial charge in [-0.2, -0.15) is 5.10 Å². The largest absolute Gasteiger partial charge is 0.507 e. The lowest BCUT2D eigenvalue weighted by Crippen LogP contribution is -2.45. The van der Waals surface area contributed by atoms with Gasteiger partial charge in [-0.25, -0.2) is 14.5 Å². The van der Waals surface area contributed by atoms with Gasteiger partial charge in [0.2, 0.25) is 5.95 Å². The molecule has 1 aliphatic rings. The molecule has 0 aliphatic carbocycles. The zero-order valence-corrected chi connectivity index (χ0v) is 20.3. The van der Waals surface area contributed by atoms with Crippen molar-refractivity contribution in [2.24, 2.45) is 0 Å². The van der Waals surface area contributed by atoms with Gasteiger partial charge in [-0.1, -0.05) is 6.07 Å². The molecule has 5 rings (SSSR count). The molecule has 4 aromatic rings. The number of halogens is 2. The molecule has 0 unspecified atom stereocenters. The van der Waals surface area contributed by atoms with E-state index in [4.69, 9.17) is 0 Å². The summed E-state index contributed by atoms with van der Waals surface area (Å²) in [4.78, 5) is 13.4. The van der Waals surface area contributed by atoms with Gasteiger partial charge >= 0.3 is 0 Å². The number of phenols is 1. The van der Waals surface area contributed by atoms with Gasteiger partial charge in [-0.05, 0) is 44.7 Å². The number of fused-ring (bicyclic) bond motifs is 1. The Hall–Kier alpha value is -3.01. The highest BCUT2D eigenvalue weighted by atomic mass is 35.5. The minimum absolute atomic E-state index is 0. The zero-order valence-electron chi connectivity index (χ0n) is 18.6. The summed E-state index contributed by atoms with van der Waals surface area (Å²) in [7, 11) is 2.11. The van der Waals surface area contributed by atoms with E-state index in [1.807, 2.05) is 38.2 Å². The Labute approximate surface area is 204 Å². The molecule has 1 fully saturated rings. The second-order valence-corrected chi connectivity index (χ2v) is 8.03. The third-order valence-electron chi connectivity index (χ3n) is 5.63. The maximum Gasteiger partial charge on any atom is 0.245 e. The number of anilines is 1. The minimum atomic E-state index is 0. The molecule has 1 aromatic carbocycles. The standard InChI is InChI=1S/C22H24N8O.2ClH/c1-14-10-18(27-30-13-15(2)24-21(14)30)16-4-5-17(20(31)11-16)19-12-23-22(26-25-19)29-8-6-28(3)7-9-29;;/h4-5,10-13,31H,6-9H2,1-3H3;2*1H. The molecule has 0 spiro atoms. The van der Waals surface area contributed by atoms with Crippen LogP contribution in [0.3, 0.4) is 0 Å². The van der Waals surface area contributed by atoms with E-state index in [-0.39, 0.29) is 30.6 Å². The topological polar surface area (TPSA) is 95.6 Å². The van der Waals surface area contributed by atoms with E-state index < -0.39 is 0 Å². The number of phenolic OH excluding ortho intramolecular Hbond substituents is 1. The molecule has 4 heterocycles. The van der Waals surface area contributed by atoms with Crippen molar-refractivity contribution in [1.29, 1.82) is 0 Å². The minimum Gasteiger partial charge on any atom is -0.507 e. The van der Waals surface area contributed by atoms with E-state index in [0.717, 1.165) is 54.3 Å². The average Bonchev–Trinajstić information content (AvgIpc) is 3.15. The van der Waals surface area contributed by atoms with Crippen molar-refractivity contribution in [3.8, 4) is 28.3 Å². The second-order valence-electron chi connectivity index (χ2n) is 8.03. The quantitative estimate of drug-likeness (QED) is 0.469. The summed E-state index contributed by atoms with van der Waals surface area (Å²) in [5.41, 5.74) is 5.47. The maximum atomic E-state index is 10.7. The van der Waals surface area contributed by atoms with Gasteiger partial charge in [-0.3, -0.25) is 0 Å². The van der Waals surface area contributed by atoms with E-state index in [2.05, 4.69) is 42.1 Å². The fraction of sp³-hybridized carbons (Fsp3) is 0.318. The van der Waals surface area contributed by atoms with Crippen LogP contribution < -0.4 is 4.90 Å². The molecule has 0 bridgehead atoms. The molecule has 1 aliphatic heterocycles. The summed E-state index contributed by atoms with van der Waals surface area (Å²) >= 11 is 0. The molecule has 9 nitrogen and oxygen atoms in total. The highest BCUT2D eigenvalue weighted by Crippen LogP contribution is 2.32. The van der Waals surface area contributed by atoms with Crippen LogP contribution in [-0.2, 0) is 0 Å². The Bertz CT molecular complexity index is 1250. The third-order valence-corrected chi connectivity index (χ3v) is 5.63. The maximum absolute atomic E-state index is 10.7. The van der Waals surface area contributed by atoms with Crippen LogP contribution in [0, 0.1) is 13.8 Å². The Kier molecular flexibility index (Phi) is 7.36.